The highest BCUT2D eigenvalue weighted by Gasteiger charge is 2.45. The second-order valence-corrected chi connectivity index (χ2v) is 7.49. The van der Waals surface area contributed by atoms with Gasteiger partial charge in [0, 0.05) is 19.6 Å². The number of hydrogen-bond donors (Lipinski definition) is 1. The third-order valence-corrected chi connectivity index (χ3v) is 5.54. The summed E-state index contributed by atoms with van der Waals surface area (Å²) < 4.78 is 5.78. The Morgan fingerprint density at radius 2 is 1.96 bits per heavy atom. The van der Waals surface area contributed by atoms with Gasteiger partial charge < -0.3 is 14.7 Å². The molecule has 0 spiro atoms. The van der Waals surface area contributed by atoms with E-state index in [4.69, 9.17) is 9.84 Å². The Labute approximate surface area is 154 Å². The Kier molecular flexibility index (Phi) is 5.94. The van der Waals surface area contributed by atoms with Crippen LogP contribution >= 0.6 is 0 Å². The van der Waals surface area contributed by atoms with Crippen LogP contribution < -0.4 is 0 Å². The van der Waals surface area contributed by atoms with Gasteiger partial charge in [0.05, 0.1) is 24.7 Å². The van der Waals surface area contributed by atoms with Gasteiger partial charge in [0.2, 0.25) is 5.91 Å². The number of ether oxygens (including phenoxy) is 1. The van der Waals surface area contributed by atoms with Crippen molar-refractivity contribution in [3.63, 3.8) is 0 Å². The molecule has 1 heterocycles. The summed E-state index contributed by atoms with van der Waals surface area (Å²) in [5.74, 6) is -0.652. The lowest BCUT2D eigenvalue weighted by Gasteiger charge is -2.40. The van der Waals surface area contributed by atoms with Crippen LogP contribution in [0.25, 0.3) is 0 Å². The predicted octanol–water partition coefficient (Wildman–Crippen LogP) is 1.74. The molecular weight excluding hydrogens is 332 g/mol. The molecule has 0 radical (unpaired) electrons. The summed E-state index contributed by atoms with van der Waals surface area (Å²) in [4.78, 5) is 28.0. The molecule has 26 heavy (non-hydrogen) atoms. The van der Waals surface area contributed by atoms with Crippen LogP contribution in [0.5, 0.6) is 0 Å². The van der Waals surface area contributed by atoms with E-state index in [0.29, 0.717) is 26.2 Å². The van der Waals surface area contributed by atoms with Crippen LogP contribution in [0.3, 0.4) is 0 Å². The van der Waals surface area contributed by atoms with Crippen molar-refractivity contribution < 1.29 is 19.4 Å². The number of carboxylic acid groups (broad SMARTS) is 1. The SMILES string of the molecule is CN(CC(=O)O)CC1CN(C(=O)C2(c3ccccc3)CCCC2)CCO1. The number of carbonyl (C=O) groups excluding carboxylic acids is 1. The zero-order valence-electron chi connectivity index (χ0n) is 15.4. The number of amides is 1. The number of rotatable bonds is 6. The van der Waals surface area contributed by atoms with E-state index in [2.05, 4.69) is 12.1 Å². The molecule has 1 unspecified atom stereocenters. The highest BCUT2D eigenvalue weighted by atomic mass is 16.5. The summed E-state index contributed by atoms with van der Waals surface area (Å²) in [6.45, 7) is 2.11. The van der Waals surface area contributed by atoms with Gasteiger partial charge in [-0.05, 0) is 25.5 Å². The molecule has 1 N–H and O–H groups in total. The van der Waals surface area contributed by atoms with E-state index in [1.807, 2.05) is 23.1 Å². The van der Waals surface area contributed by atoms with Gasteiger partial charge in [-0.25, -0.2) is 0 Å². The summed E-state index contributed by atoms with van der Waals surface area (Å²) in [5.41, 5.74) is 0.712. The first-order valence-corrected chi connectivity index (χ1v) is 9.38. The minimum absolute atomic E-state index is 0.0260. The number of nitrogens with zero attached hydrogens (tertiary/aromatic N) is 2. The minimum atomic E-state index is -0.856. The fraction of sp³-hybridized carbons (Fsp3) is 0.600. The Balaban J connectivity index is 1.70. The molecule has 1 aromatic carbocycles. The van der Waals surface area contributed by atoms with E-state index in [9.17, 15) is 9.59 Å². The molecule has 2 fully saturated rings. The number of morpholine rings is 1. The van der Waals surface area contributed by atoms with Crippen molar-refractivity contribution in [2.24, 2.45) is 0 Å². The van der Waals surface area contributed by atoms with E-state index >= 15 is 0 Å². The molecule has 0 aromatic heterocycles. The van der Waals surface area contributed by atoms with E-state index in [1.165, 1.54) is 0 Å². The topological polar surface area (TPSA) is 70.1 Å². The van der Waals surface area contributed by atoms with Crippen molar-refractivity contribution in [2.75, 3.05) is 39.8 Å². The maximum atomic E-state index is 13.5. The molecule has 1 aromatic rings. The number of likely N-dealkylation sites (N-methyl/N-ethyl adjacent to an activating group) is 1. The highest BCUT2D eigenvalue weighted by molar-refractivity contribution is 5.88. The molecule has 1 saturated heterocycles. The van der Waals surface area contributed by atoms with E-state index < -0.39 is 11.4 Å². The van der Waals surface area contributed by atoms with Crippen LogP contribution in [0.4, 0.5) is 0 Å². The molecule has 142 valence electrons. The first-order valence-electron chi connectivity index (χ1n) is 9.38. The number of carboxylic acids is 1. The number of hydrogen-bond acceptors (Lipinski definition) is 4. The molecule has 1 saturated carbocycles. The average molecular weight is 360 g/mol. The lowest BCUT2D eigenvalue weighted by molar-refractivity contribution is -0.146. The van der Waals surface area contributed by atoms with Gasteiger partial charge in [0.1, 0.15) is 0 Å². The van der Waals surface area contributed by atoms with Gasteiger partial charge in [-0.1, -0.05) is 43.2 Å². The fourth-order valence-electron chi connectivity index (χ4n) is 4.32. The fourth-order valence-corrected chi connectivity index (χ4v) is 4.32. The largest absolute Gasteiger partial charge is 0.480 e. The van der Waals surface area contributed by atoms with Crippen LogP contribution in [0.2, 0.25) is 0 Å². The highest BCUT2D eigenvalue weighted by Crippen LogP contribution is 2.42. The van der Waals surface area contributed by atoms with Gasteiger partial charge in [0.25, 0.3) is 0 Å². The Bertz CT molecular complexity index is 628. The first kappa shape index (κ1) is 18.9. The normalized spacial score (nSPS) is 22.5. The smallest absolute Gasteiger partial charge is 0.317 e. The third kappa shape index (κ3) is 4.07. The van der Waals surface area contributed by atoms with Crippen LogP contribution in [0.15, 0.2) is 30.3 Å². The van der Waals surface area contributed by atoms with Gasteiger partial charge in [-0.15, -0.1) is 0 Å². The summed E-state index contributed by atoms with van der Waals surface area (Å²) >= 11 is 0. The lowest BCUT2D eigenvalue weighted by Crippen LogP contribution is -2.54. The molecule has 0 bridgehead atoms. The quantitative estimate of drug-likeness (QED) is 0.837. The average Bonchev–Trinajstić information content (AvgIpc) is 3.12. The summed E-state index contributed by atoms with van der Waals surface area (Å²) in [7, 11) is 1.76. The van der Waals surface area contributed by atoms with E-state index in [0.717, 1.165) is 31.2 Å². The summed E-state index contributed by atoms with van der Waals surface area (Å²) in [6.07, 6.45) is 3.81. The standard InChI is InChI=1S/C20H28N2O4/c1-21(15-18(23)24)13-17-14-22(11-12-26-17)19(25)20(9-5-6-10-20)16-7-3-2-4-8-16/h2-4,7-8,17H,5-6,9-15H2,1H3,(H,23,24). The van der Waals surface area contributed by atoms with Crippen molar-refractivity contribution in [1.29, 1.82) is 0 Å². The maximum absolute atomic E-state index is 13.5. The maximum Gasteiger partial charge on any atom is 0.317 e. The molecule has 1 aliphatic heterocycles. The van der Waals surface area contributed by atoms with E-state index in [1.54, 1.807) is 11.9 Å². The van der Waals surface area contributed by atoms with Crippen molar-refractivity contribution in [3.05, 3.63) is 35.9 Å². The second-order valence-electron chi connectivity index (χ2n) is 7.49. The van der Waals surface area contributed by atoms with Gasteiger partial charge in [-0.2, -0.15) is 0 Å². The molecule has 1 aliphatic carbocycles. The summed E-state index contributed by atoms with van der Waals surface area (Å²) in [6, 6.07) is 10.1. The second kappa shape index (κ2) is 8.18. The van der Waals surface area contributed by atoms with Crippen molar-refractivity contribution >= 4 is 11.9 Å². The van der Waals surface area contributed by atoms with E-state index in [-0.39, 0.29) is 18.6 Å². The molecule has 3 rings (SSSR count). The van der Waals surface area contributed by atoms with Crippen molar-refractivity contribution in [2.45, 2.75) is 37.2 Å². The van der Waals surface area contributed by atoms with Gasteiger partial charge in [-0.3, -0.25) is 14.5 Å². The zero-order chi connectivity index (χ0) is 18.6. The minimum Gasteiger partial charge on any atom is -0.480 e. The van der Waals surface area contributed by atoms with Gasteiger partial charge >= 0.3 is 5.97 Å². The monoisotopic (exact) mass is 360 g/mol. The number of aliphatic carboxylic acids is 1. The van der Waals surface area contributed by atoms with Crippen LogP contribution in [-0.4, -0.2) is 72.7 Å². The van der Waals surface area contributed by atoms with Crippen molar-refractivity contribution in [3.8, 4) is 0 Å². The van der Waals surface area contributed by atoms with Crippen molar-refractivity contribution in [1.82, 2.24) is 9.80 Å². The molecular formula is C20H28N2O4. The lowest BCUT2D eigenvalue weighted by atomic mass is 9.77. The number of benzene rings is 1. The predicted molar refractivity (Wildman–Crippen MR) is 98.0 cm³/mol. The Morgan fingerprint density at radius 3 is 2.62 bits per heavy atom. The molecule has 6 nitrogen and oxygen atoms in total. The molecule has 6 heteroatoms. The van der Waals surface area contributed by atoms with Crippen LogP contribution in [-0.2, 0) is 19.7 Å². The molecule has 1 amide bonds. The Hall–Kier alpha value is -1.92. The van der Waals surface area contributed by atoms with Crippen LogP contribution in [0, 0.1) is 0 Å². The number of carbonyl (C=O) groups is 2. The first-order chi connectivity index (χ1) is 12.5. The van der Waals surface area contributed by atoms with Crippen LogP contribution in [0.1, 0.15) is 31.2 Å². The zero-order valence-corrected chi connectivity index (χ0v) is 15.4. The molecule has 1 atom stereocenters. The Morgan fingerprint density at radius 1 is 1.27 bits per heavy atom. The summed E-state index contributed by atoms with van der Waals surface area (Å²) in [5, 5.41) is 8.91. The van der Waals surface area contributed by atoms with Gasteiger partial charge in [0.15, 0.2) is 0 Å². The molecule has 2 aliphatic rings. The third-order valence-electron chi connectivity index (χ3n) is 5.54.